The summed E-state index contributed by atoms with van der Waals surface area (Å²) in [5.74, 6) is 0. The second-order valence-electron chi connectivity index (χ2n) is 6.58. The highest BCUT2D eigenvalue weighted by Gasteiger charge is 2.17. The second kappa shape index (κ2) is 7.04. The molecule has 1 N–H and O–H groups in total. The third-order valence-corrected chi connectivity index (χ3v) is 5.59. The van der Waals surface area contributed by atoms with Gasteiger partial charge < -0.3 is 0 Å². The lowest BCUT2D eigenvalue weighted by Gasteiger charge is -2.10. The van der Waals surface area contributed by atoms with Gasteiger partial charge in [-0.1, -0.05) is 71.9 Å². The summed E-state index contributed by atoms with van der Waals surface area (Å²) in [6.45, 7) is 6.06. The average Bonchev–Trinajstić information content (AvgIpc) is 3.00. The third-order valence-electron chi connectivity index (χ3n) is 4.55. The Hall–Kier alpha value is -2.86. The van der Waals surface area contributed by atoms with E-state index in [0.29, 0.717) is 10.8 Å². The van der Waals surface area contributed by atoms with Crippen LogP contribution in [0.15, 0.2) is 64.5 Å². The number of hydrogen-bond donors (Lipinski definition) is 1. The first kappa shape index (κ1) is 17.5. The molecule has 27 heavy (non-hydrogen) atoms. The van der Waals surface area contributed by atoms with Gasteiger partial charge in [0.15, 0.2) is 10.8 Å². The monoisotopic (exact) mass is 376 g/mol. The van der Waals surface area contributed by atoms with Crippen LogP contribution in [-0.4, -0.2) is 19.6 Å². The fourth-order valence-electron chi connectivity index (χ4n) is 3.10. The van der Waals surface area contributed by atoms with Crippen LogP contribution in [0.25, 0.3) is 16.8 Å². The number of hydrogen-bond acceptors (Lipinski definition) is 4. The van der Waals surface area contributed by atoms with Gasteiger partial charge in [0.05, 0.1) is 5.69 Å². The van der Waals surface area contributed by atoms with E-state index in [1.807, 2.05) is 37.3 Å². The highest BCUT2D eigenvalue weighted by atomic mass is 32.2. The number of aromatic amines is 1. The van der Waals surface area contributed by atoms with Crippen molar-refractivity contribution in [3.63, 3.8) is 0 Å². The SMILES string of the molecule is Cc1ccc(-c2c(C)nn3c(=O)[nH]c(SC(C)c4ccccc4)nc23)cc1. The van der Waals surface area contributed by atoms with Crippen molar-refractivity contribution in [1.29, 1.82) is 0 Å². The van der Waals surface area contributed by atoms with Crippen molar-refractivity contribution in [2.45, 2.75) is 31.2 Å². The van der Waals surface area contributed by atoms with Crippen LogP contribution >= 0.6 is 11.8 Å². The fourth-order valence-corrected chi connectivity index (χ4v) is 4.02. The number of fused-ring (bicyclic) bond motifs is 1. The summed E-state index contributed by atoms with van der Waals surface area (Å²) in [4.78, 5) is 20.1. The highest BCUT2D eigenvalue weighted by molar-refractivity contribution is 7.99. The van der Waals surface area contributed by atoms with Gasteiger partial charge in [-0.15, -0.1) is 0 Å². The maximum Gasteiger partial charge on any atom is 0.350 e. The summed E-state index contributed by atoms with van der Waals surface area (Å²) in [5.41, 5.74) is 5.39. The molecule has 5 nitrogen and oxygen atoms in total. The molecule has 1 unspecified atom stereocenters. The van der Waals surface area contributed by atoms with Gasteiger partial charge in [-0.2, -0.15) is 9.61 Å². The number of nitrogens with zero attached hydrogens (tertiary/aromatic N) is 3. The molecule has 2 aromatic heterocycles. The molecule has 2 heterocycles. The van der Waals surface area contributed by atoms with Crippen molar-refractivity contribution in [2.75, 3.05) is 0 Å². The molecule has 2 aromatic carbocycles. The van der Waals surface area contributed by atoms with Crippen molar-refractivity contribution < 1.29 is 0 Å². The van der Waals surface area contributed by atoms with Gasteiger partial charge in [-0.05, 0) is 31.9 Å². The largest absolute Gasteiger partial charge is 0.350 e. The van der Waals surface area contributed by atoms with E-state index >= 15 is 0 Å². The molecule has 0 spiro atoms. The van der Waals surface area contributed by atoms with Crippen molar-refractivity contribution in [1.82, 2.24) is 19.6 Å². The lowest BCUT2D eigenvalue weighted by atomic mass is 10.0. The molecule has 0 amide bonds. The second-order valence-corrected chi connectivity index (χ2v) is 7.91. The normalized spacial score (nSPS) is 12.4. The maximum absolute atomic E-state index is 12.6. The van der Waals surface area contributed by atoms with Crippen molar-refractivity contribution in [3.8, 4) is 11.1 Å². The van der Waals surface area contributed by atoms with Crippen molar-refractivity contribution in [3.05, 3.63) is 81.9 Å². The highest BCUT2D eigenvalue weighted by Crippen LogP contribution is 2.33. The van der Waals surface area contributed by atoms with Gasteiger partial charge >= 0.3 is 5.69 Å². The Morgan fingerprint density at radius 1 is 1.04 bits per heavy atom. The molecule has 6 heteroatoms. The quantitative estimate of drug-likeness (QED) is 0.531. The molecule has 0 fully saturated rings. The first-order valence-corrected chi connectivity index (χ1v) is 9.69. The number of benzene rings is 2. The van der Waals surface area contributed by atoms with E-state index in [9.17, 15) is 4.79 Å². The van der Waals surface area contributed by atoms with Crippen LogP contribution in [0.1, 0.15) is 29.0 Å². The zero-order valence-corrected chi connectivity index (χ0v) is 16.2. The van der Waals surface area contributed by atoms with Crippen LogP contribution in [0.3, 0.4) is 0 Å². The van der Waals surface area contributed by atoms with Gasteiger partial charge in [-0.3, -0.25) is 4.98 Å². The van der Waals surface area contributed by atoms with Gasteiger partial charge in [-0.25, -0.2) is 9.78 Å². The Balaban J connectivity index is 1.79. The summed E-state index contributed by atoms with van der Waals surface area (Å²) in [6.07, 6.45) is 0. The van der Waals surface area contributed by atoms with Crippen LogP contribution in [0.5, 0.6) is 0 Å². The zero-order chi connectivity index (χ0) is 19.0. The first-order valence-electron chi connectivity index (χ1n) is 8.81. The Morgan fingerprint density at radius 3 is 2.44 bits per heavy atom. The zero-order valence-electron chi connectivity index (χ0n) is 15.4. The predicted molar refractivity (Wildman–Crippen MR) is 109 cm³/mol. The molecule has 0 saturated heterocycles. The molecule has 0 radical (unpaired) electrons. The fraction of sp³-hybridized carbons (Fsp3) is 0.190. The molecule has 4 aromatic rings. The summed E-state index contributed by atoms with van der Waals surface area (Å²) in [7, 11) is 0. The van der Waals surface area contributed by atoms with Crippen molar-refractivity contribution in [2.24, 2.45) is 0 Å². The third kappa shape index (κ3) is 3.40. The molecule has 0 aliphatic rings. The molecular weight excluding hydrogens is 356 g/mol. The molecule has 1 atom stereocenters. The van der Waals surface area contributed by atoms with Crippen LogP contribution < -0.4 is 5.69 Å². The topological polar surface area (TPSA) is 63.1 Å². The number of rotatable bonds is 4. The molecule has 0 bridgehead atoms. The lowest BCUT2D eigenvalue weighted by Crippen LogP contribution is -2.19. The molecule has 0 aliphatic heterocycles. The summed E-state index contributed by atoms with van der Waals surface area (Å²) < 4.78 is 1.35. The molecule has 136 valence electrons. The van der Waals surface area contributed by atoms with Crippen LogP contribution in [0.2, 0.25) is 0 Å². The number of nitrogens with one attached hydrogen (secondary N) is 1. The minimum Gasteiger partial charge on any atom is -0.285 e. The number of thioether (sulfide) groups is 1. The van der Waals surface area contributed by atoms with Gasteiger partial charge in [0.25, 0.3) is 0 Å². The number of aryl methyl sites for hydroxylation is 2. The Kier molecular flexibility index (Phi) is 4.58. The molecule has 4 rings (SSSR count). The summed E-state index contributed by atoms with van der Waals surface area (Å²) in [5, 5.41) is 5.16. The Morgan fingerprint density at radius 2 is 1.74 bits per heavy atom. The predicted octanol–water partition coefficient (Wildman–Crippen LogP) is 4.55. The minimum absolute atomic E-state index is 0.170. The number of H-pyrrole nitrogens is 1. The van der Waals surface area contributed by atoms with E-state index in [2.05, 4.69) is 48.2 Å². The molecule has 0 saturated carbocycles. The smallest absolute Gasteiger partial charge is 0.285 e. The van der Waals surface area contributed by atoms with E-state index in [4.69, 9.17) is 4.98 Å². The van der Waals surface area contributed by atoms with E-state index in [0.717, 1.165) is 16.8 Å². The standard InChI is InChI=1S/C21H20N4OS/c1-13-9-11-17(12-10-13)18-14(2)24-25-19(18)22-20(23-21(25)26)27-15(3)16-7-5-4-6-8-16/h4-12,15H,1-3H3,(H,22,23,26). The Bertz CT molecular complexity index is 1150. The summed E-state index contributed by atoms with van der Waals surface area (Å²) >= 11 is 1.53. The lowest BCUT2D eigenvalue weighted by molar-refractivity contribution is 0.778. The minimum atomic E-state index is -0.274. The van der Waals surface area contributed by atoms with Gasteiger partial charge in [0.2, 0.25) is 0 Å². The molecule has 0 aliphatic carbocycles. The van der Waals surface area contributed by atoms with E-state index in [1.165, 1.54) is 27.4 Å². The van der Waals surface area contributed by atoms with Crippen LogP contribution in [0, 0.1) is 13.8 Å². The van der Waals surface area contributed by atoms with Gasteiger partial charge in [0, 0.05) is 10.8 Å². The average molecular weight is 376 g/mol. The van der Waals surface area contributed by atoms with E-state index < -0.39 is 0 Å². The van der Waals surface area contributed by atoms with Crippen molar-refractivity contribution >= 4 is 17.4 Å². The first-order chi connectivity index (χ1) is 13.0. The number of aromatic nitrogens is 4. The maximum atomic E-state index is 12.6. The van der Waals surface area contributed by atoms with Crippen LogP contribution in [0.4, 0.5) is 0 Å². The van der Waals surface area contributed by atoms with Crippen LogP contribution in [-0.2, 0) is 0 Å². The van der Waals surface area contributed by atoms with E-state index in [1.54, 1.807) is 0 Å². The summed E-state index contributed by atoms with van der Waals surface area (Å²) in [6, 6.07) is 18.4. The Labute approximate surface area is 161 Å². The molecular formula is C21H20N4OS. The van der Waals surface area contributed by atoms with Gasteiger partial charge in [0.1, 0.15) is 0 Å². The van der Waals surface area contributed by atoms with E-state index in [-0.39, 0.29) is 10.9 Å².